The van der Waals surface area contributed by atoms with Crippen LogP contribution in [0, 0.1) is 5.92 Å². The fourth-order valence-electron chi connectivity index (χ4n) is 2.22. The minimum absolute atomic E-state index is 0.0527. The number of ether oxygens (including phenoxy) is 2. The van der Waals surface area contributed by atoms with Gasteiger partial charge in [-0.3, -0.25) is 4.79 Å². The van der Waals surface area contributed by atoms with Crippen molar-refractivity contribution in [1.29, 1.82) is 0 Å². The average molecular weight is 363 g/mol. The Balaban J connectivity index is 3.04. The van der Waals surface area contributed by atoms with Gasteiger partial charge in [0.25, 0.3) is 0 Å². The lowest BCUT2D eigenvalue weighted by molar-refractivity contribution is -0.154. The van der Waals surface area contributed by atoms with E-state index in [0.29, 0.717) is 0 Å². The molecule has 2 N–H and O–H groups in total. The van der Waals surface area contributed by atoms with Crippen LogP contribution in [0.3, 0.4) is 0 Å². The molecule has 0 aliphatic rings. The number of alkyl carbamates (subject to hydrolysis) is 1. The number of carbonyl (C=O) groups excluding carboxylic acids is 2. The van der Waals surface area contributed by atoms with E-state index in [-0.39, 0.29) is 13.0 Å². The van der Waals surface area contributed by atoms with Crippen LogP contribution >= 0.6 is 0 Å². The smallest absolute Gasteiger partial charge is 0.408 e. The summed E-state index contributed by atoms with van der Waals surface area (Å²) >= 11 is 0. The first kappa shape index (κ1) is 21.2. The normalized spacial score (nSPS) is 13.2. The molecule has 1 aromatic carbocycles. The van der Waals surface area contributed by atoms with Gasteiger partial charge in [0.1, 0.15) is 18.2 Å². The van der Waals surface area contributed by atoms with E-state index in [1.54, 1.807) is 45.0 Å². The predicted molar refractivity (Wildman–Crippen MR) is 95.6 cm³/mol. The molecule has 0 spiro atoms. The number of rotatable bonds is 8. The van der Waals surface area contributed by atoms with E-state index in [9.17, 15) is 19.5 Å². The van der Waals surface area contributed by atoms with Gasteiger partial charge >= 0.3 is 18.0 Å². The fourth-order valence-corrected chi connectivity index (χ4v) is 2.22. The maximum atomic E-state index is 12.4. The maximum Gasteiger partial charge on any atom is 0.408 e. The third-order valence-electron chi connectivity index (χ3n) is 3.29. The van der Waals surface area contributed by atoms with Crippen LogP contribution in [0.1, 0.15) is 26.3 Å². The van der Waals surface area contributed by atoms with Gasteiger partial charge in [-0.25, -0.2) is 9.59 Å². The highest BCUT2D eigenvalue weighted by Gasteiger charge is 2.37. The quantitative estimate of drug-likeness (QED) is 0.544. The number of carbonyl (C=O) groups is 3. The largest absolute Gasteiger partial charge is 0.480 e. The van der Waals surface area contributed by atoms with Crippen molar-refractivity contribution in [1.82, 2.24) is 5.32 Å². The molecule has 1 rings (SSSR count). The number of nitrogens with one attached hydrogen (secondary N) is 1. The van der Waals surface area contributed by atoms with Gasteiger partial charge in [-0.15, -0.1) is 0 Å². The minimum atomic E-state index is -1.50. The second-order valence-electron chi connectivity index (χ2n) is 6.68. The number of esters is 1. The summed E-state index contributed by atoms with van der Waals surface area (Å²) in [6.45, 7) is 8.37. The molecule has 0 aliphatic carbocycles. The average Bonchev–Trinajstić information content (AvgIpc) is 2.55. The summed E-state index contributed by atoms with van der Waals surface area (Å²) in [6.07, 6.45) is 0.553. The molecule has 7 nitrogen and oxygen atoms in total. The molecule has 0 radical (unpaired) electrons. The highest BCUT2D eigenvalue weighted by atomic mass is 16.6. The Kier molecular flexibility index (Phi) is 7.83. The zero-order valence-corrected chi connectivity index (χ0v) is 15.2. The summed E-state index contributed by atoms with van der Waals surface area (Å²) in [7, 11) is 0. The third-order valence-corrected chi connectivity index (χ3v) is 3.29. The Labute approximate surface area is 153 Å². The number of carboxylic acid groups (broad SMARTS) is 1. The van der Waals surface area contributed by atoms with Gasteiger partial charge in [0.2, 0.25) is 0 Å². The van der Waals surface area contributed by atoms with Crippen LogP contribution in [0.15, 0.2) is 43.0 Å². The highest BCUT2D eigenvalue weighted by Crippen LogP contribution is 2.17. The molecular formula is C19H25NO6. The summed E-state index contributed by atoms with van der Waals surface area (Å²) in [5.41, 5.74) is -0.0592. The van der Waals surface area contributed by atoms with Crippen molar-refractivity contribution in [2.75, 3.05) is 6.61 Å². The molecule has 1 unspecified atom stereocenters. The van der Waals surface area contributed by atoms with Gasteiger partial charge in [0.05, 0.1) is 5.92 Å². The van der Waals surface area contributed by atoms with Crippen LogP contribution in [0.25, 0.3) is 0 Å². The van der Waals surface area contributed by atoms with E-state index in [0.717, 1.165) is 5.56 Å². The molecular weight excluding hydrogens is 338 g/mol. The number of hydrogen-bond donors (Lipinski definition) is 2. The number of hydrogen-bond acceptors (Lipinski definition) is 5. The Morgan fingerprint density at radius 3 is 2.35 bits per heavy atom. The first-order valence-electron chi connectivity index (χ1n) is 8.18. The zero-order valence-electron chi connectivity index (χ0n) is 15.2. The first-order valence-corrected chi connectivity index (χ1v) is 8.18. The van der Waals surface area contributed by atoms with Crippen molar-refractivity contribution >= 4 is 18.0 Å². The van der Waals surface area contributed by atoms with E-state index in [2.05, 4.69) is 11.9 Å². The summed E-state index contributed by atoms with van der Waals surface area (Å²) in [6, 6.07) is 7.39. The van der Waals surface area contributed by atoms with Gasteiger partial charge in [-0.2, -0.15) is 0 Å². The molecule has 0 heterocycles. The lowest BCUT2D eigenvalue weighted by atomic mass is 9.92. The number of benzene rings is 1. The van der Waals surface area contributed by atoms with E-state index in [1.807, 2.05) is 6.07 Å². The van der Waals surface area contributed by atoms with Crippen molar-refractivity contribution in [3.8, 4) is 0 Å². The van der Waals surface area contributed by atoms with Gasteiger partial charge in [-0.1, -0.05) is 43.0 Å². The molecule has 1 amide bonds. The molecule has 0 bridgehead atoms. The molecule has 2 atom stereocenters. The molecule has 1 aromatic rings. The second-order valence-corrected chi connectivity index (χ2v) is 6.68. The van der Waals surface area contributed by atoms with E-state index < -0.39 is 35.6 Å². The molecule has 0 fully saturated rings. The molecule has 0 saturated heterocycles. The Hall–Kier alpha value is -2.83. The fraction of sp³-hybridized carbons (Fsp3) is 0.421. The van der Waals surface area contributed by atoms with Crippen LogP contribution in [0.2, 0.25) is 0 Å². The van der Waals surface area contributed by atoms with Gasteiger partial charge in [0, 0.05) is 0 Å². The van der Waals surface area contributed by atoms with Crippen molar-refractivity contribution in [2.45, 2.75) is 38.8 Å². The molecule has 0 aromatic heterocycles. The van der Waals surface area contributed by atoms with Gasteiger partial charge in [0.15, 0.2) is 0 Å². The topological polar surface area (TPSA) is 102 Å². The van der Waals surface area contributed by atoms with Crippen LogP contribution < -0.4 is 5.32 Å². The van der Waals surface area contributed by atoms with Crippen molar-refractivity contribution in [3.63, 3.8) is 0 Å². The molecule has 0 saturated carbocycles. The highest BCUT2D eigenvalue weighted by molar-refractivity contribution is 5.87. The number of amides is 1. The van der Waals surface area contributed by atoms with Crippen LogP contribution in [0.4, 0.5) is 4.79 Å². The van der Waals surface area contributed by atoms with Crippen molar-refractivity contribution < 1.29 is 29.0 Å². The third kappa shape index (κ3) is 7.38. The van der Waals surface area contributed by atoms with E-state index in [4.69, 9.17) is 9.47 Å². The van der Waals surface area contributed by atoms with Gasteiger partial charge in [-0.05, 0) is 32.8 Å². The lowest BCUT2D eigenvalue weighted by Crippen LogP contribution is -2.51. The standard InChI is InChI=1S/C19H25NO6/c1-5-11-25-17(23)14(12-13-9-7-6-8-10-13)15(16(21)22)20-18(24)26-19(2,3)4/h5-10,14-15H,1,11-12H2,2-4H3,(H,20,24)(H,21,22)/t14?,15-/m0/s1. The number of carboxylic acids is 1. The predicted octanol–water partition coefficient (Wildman–Crippen LogP) is 2.55. The van der Waals surface area contributed by atoms with Crippen molar-refractivity contribution in [3.05, 3.63) is 48.6 Å². The first-order chi connectivity index (χ1) is 12.1. The maximum absolute atomic E-state index is 12.4. The molecule has 0 aliphatic heterocycles. The summed E-state index contributed by atoms with van der Waals surface area (Å²) in [4.78, 5) is 36.1. The Morgan fingerprint density at radius 2 is 1.85 bits per heavy atom. The summed E-state index contributed by atoms with van der Waals surface area (Å²) in [5.74, 6) is -3.22. The SMILES string of the molecule is C=CCOC(=O)C(Cc1ccccc1)[C@H](NC(=O)OC(C)(C)C)C(=O)O. The Bertz CT molecular complexity index is 635. The minimum Gasteiger partial charge on any atom is -0.480 e. The second kappa shape index (κ2) is 9.60. The monoisotopic (exact) mass is 363 g/mol. The Morgan fingerprint density at radius 1 is 1.23 bits per heavy atom. The summed E-state index contributed by atoms with van der Waals surface area (Å²) in [5, 5.41) is 11.8. The summed E-state index contributed by atoms with van der Waals surface area (Å²) < 4.78 is 10.1. The zero-order chi connectivity index (χ0) is 19.7. The lowest BCUT2D eigenvalue weighted by Gasteiger charge is -2.26. The van der Waals surface area contributed by atoms with Crippen molar-refractivity contribution in [2.24, 2.45) is 5.92 Å². The van der Waals surface area contributed by atoms with Crippen LogP contribution in [-0.4, -0.2) is 41.4 Å². The van der Waals surface area contributed by atoms with Gasteiger partial charge < -0.3 is 19.9 Å². The molecule has 142 valence electrons. The van der Waals surface area contributed by atoms with E-state index >= 15 is 0 Å². The van der Waals surface area contributed by atoms with Crippen LogP contribution in [0.5, 0.6) is 0 Å². The van der Waals surface area contributed by atoms with Crippen LogP contribution in [-0.2, 0) is 25.5 Å². The van der Waals surface area contributed by atoms with E-state index in [1.165, 1.54) is 6.08 Å². The molecule has 7 heteroatoms. The molecule has 26 heavy (non-hydrogen) atoms. The number of aliphatic carboxylic acids is 1.